The Labute approximate surface area is 133 Å². The van der Waals surface area contributed by atoms with Gasteiger partial charge < -0.3 is 29.2 Å². The maximum Gasteiger partial charge on any atom is 0.303 e. The van der Waals surface area contributed by atoms with Crippen molar-refractivity contribution in [3.8, 4) is 0 Å². The zero-order chi connectivity index (χ0) is 17.8. The Morgan fingerprint density at radius 2 is 1.48 bits per heavy atom. The number of ether oxygens (including phenoxy) is 4. The lowest BCUT2D eigenvalue weighted by molar-refractivity contribution is -0.352. The van der Waals surface area contributed by atoms with Crippen molar-refractivity contribution < 1.29 is 43.5 Å². The van der Waals surface area contributed by atoms with Crippen LogP contribution in [0.4, 0.5) is 0 Å². The van der Waals surface area contributed by atoms with Crippen LogP contribution < -0.4 is 0 Å². The van der Waals surface area contributed by atoms with Gasteiger partial charge in [-0.1, -0.05) is 6.92 Å². The molecule has 0 aromatic heterocycles. The Kier molecular flexibility index (Phi) is 6.48. The summed E-state index contributed by atoms with van der Waals surface area (Å²) in [6, 6.07) is 0. The number of esters is 3. The lowest BCUT2D eigenvalue weighted by Gasteiger charge is -2.48. The third kappa shape index (κ3) is 4.63. The van der Waals surface area contributed by atoms with E-state index < -0.39 is 54.7 Å². The molecule has 1 rings (SSSR count). The second-order valence-electron chi connectivity index (χ2n) is 5.22. The van der Waals surface area contributed by atoms with Gasteiger partial charge in [-0.25, -0.2) is 0 Å². The van der Waals surface area contributed by atoms with E-state index in [0.29, 0.717) is 0 Å². The maximum atomic E-state index is 11.4. The Bertz CT molecular complexity index is 463. The van der Waals surface area contributed by atoms with Crippen LogP contribution in [0.5, 0.6) is 0 Å². The number of aliphatic hydroxyl groups excluding tert-OH is 1. The summed E-state index contributed by atoms with van der Waals surface area (Å²) < 4.78 is 20.6. The van der Waals surface area contributed by atoms with E-state index in [9.17, 15) is 24.6 Å². The minimum atomic E-state index is -2.00. The predicted octanol–water partition coefficient (Wildman–Crippen LogP) is -0.729. The monoisotopic (exact) mass is 334 g/mol. The highest BCUT2D eigenvalue weighted by Crippen LogP contribution is 2.35. The molecular weight excluding hydrogens is 312 g/mol. The topological polar surface area (TPSA) is 129 Å². The molecule has 1 fully saturated rings. The summed E-state index contributed by atoms with van der Waals surface area (Å²) in [5.41, 5.74) is 0. The average Bonchev–Trinajstić information content (AvgIpc) is 2.44. The van der Waals surface area contributed by atoms with Crippen molar-refractivity contribution in [3.63, 3.8) is 0 Å². The van der Waals surface area contributed by atoms with Crippen molar-refractivity contribution in [2.75, 3.05) is 6.61 Å². The molecule has 1 aliphatic rings. The fourth-order valence-corrected chi connectivity index (χ4v) is 2.46. The van der Waals surface area contributed by atoms with Gasteiger partial charge in [0.1, 0.15) is 6.10 Å². The van der Waals surface area contributed by atoms with Crippen molar-refractivity contribution >= 4 is 17.9 Å². The Morgan fingerprint density at radius 3 is 1.87 bits per heavy atom. The molecule has 1 saturated heterocycles. The first kappa shape index (κ1) is 19.3. The third-order valence-corrected chi connectivity index (χ3v) is 3.37. The van der Waals surface area contributed by atoms with E-state index in [2.05, 4.69) is 0 Å². The van der Waals surface area contributed by atoms with Crippen LogP contribution in [0.3, 0.4) is 0 Å². The van der Waals surface area contributed by atoms with Gasteiger partial charge in [0.15, 0.2) is 18.3 Å². The van der Waals surface area contributed by atoms with Crippen LogP contribution in [0, 0.1) is 0 Å². The largest absolute Gasteiger partial charge is 0.456 e. The van der Waals surface area contributed by atoms with E-state index in [0.717, 1.165) is 20.8 Å². The molecule has 0 aliphatic carbocycles. The highest BCUT2D eigenvalue weighted by atomic mass is 16.7. The van der Waals surface area contributed by atoms with Crippen LogP contribution in [0.25, 0.3) is 0 Å². The van der Waals surface area contributed by atoms with Gasteiger partial charge in [-0.2, -0.15) is 0 Å². The van der Waals surface area contributed by atoms with Gasteiger partial charge in [0.25, 0.3) is 0 Å². The van der Waals surface area contributed by atoms with Crippen LogP contribution in [0.15, 0.2) is 0 Å². The fourth-order valence-electron chi connectivity index (χ4n) is 2.46. The molecule has 0 amide bonds. The summed E-state index contributed by atoms with van der Waals surface area (Å²) >= 11 is 0. The highest BCUT2D eigenvalue weighted by Gasteiger charge is 2.58. The molecular formula is C14H22O9. The van der Waals surface area contributed by atoms with E-state index in [1.54, 1.807) is 6.92 Å². The number of carbonyl (C=O) groups excluding carboxylic acids is 3. The van der Waals surface area contributed by atoms with Crippen LogP contribution in [0.1, 0.15) is 34.1 Å². The molecule has 0 saturated carbocycles. The summed E-state index contributed by atoms with van der Waals surface area (Å²) in [4.78, 5) is 34.0. The molecule has 0 bridgehead atoms. The number of hydrogen-bond acceptors (Lipinski definition) is 9. The average molecular weight is 334 g/mol. The van der Waals surface area contributed by atoms with E-state index in [-0.39, 0.29) is 6.42 Å². The smallest absolute Gasteiger partial charge is 0.303 e. The molecule has 132 valence electrons. The molecule has 0 aromatic carbocycles. The summed E-state index contributed by atoms with van der Waals surface area (Å²) in [6.07, 6.45) is -5.15. The summed E-state index contributed by atoms with van der Waals surface area (Å²) in [5.74, 6) is -4.19. The Balaban J connectivity index is 3.28. The van der Waals surface area contributed by atoms with E-state index >= 15 is 0 Å². The molecule has 2 N–H and O–H groups in total. The second kappa shape index (κ2) is 7.71. The van der Waals surface area contributed by atoms with Gasteiger partial charge in [-0.15, -0.1) is 0 Å². The van der Waals surface area contributed by atoms with Gasteiger partial charge in [-0.3, -0.25) is 14.4 Å². The molecule has 9 nitrogen and oxygen atoms in total. The van der Waals surface area contributed by atoms with Gasteiger partial charge in [0, 0.05) is 27.2 Å². The number of carbonyl (C=O) groups is 3. The molecule has 5 atom stereocenters. The van der Waals surface area contributed by atoms with Crippen molar-refractivity contribution in [3.05, 3.63) is 0 Å². The molecule has 23 heavy (non-hydrogen) atoms. The number of hydrogen-bond donors (Lipinski definition) is 2. The molecule has 0 radical (unpaired) electrons. The van der Waals surface area contributed by atoms with E-state index in [1.807, 2.05) is 0 Å². The second-order valence-corrected chi connectivity index (χ2v) is 5.22. The summed E-state index contributed by atoms with van der Waals surface area (Å²) in [5, 5.41) is 20.0. The number of aliphatic hydroxyl groups is 2. The molecule has 9 heteroatoms. The first-order valence-electron chi connectivity index (χ1n) is 7.17. The van der Waals surface area contributed by atoms with Gasteiger partial charge >= 0.3 is 17.9 Å². The standard InChI is InChI=1S/C14H22O9/c1-5-14(19)13(22-9(4)18)12(21-8(3)17)11(20-7(2)16)10(6-15)23-14/h10-13,15,19H,5-6H2,1-4H3/t10-,11-,12+,13-,14-/m1/s1. The maximum absolute atomic E-state index is 11.4. The zero-order valence-electron chi connectivity index (χ0n) is 13.5. The Hall–Kier alpha value is -1.71. The molecule has 0 unspecified atom stereocenters. The lowest BCUT2D eigenvalue weighted by Crippen LogP contribution is -2.67. The van der Waals surface area contributed by atoms with Crippen molar-refractivity contribution in [1.82, 2.24) is 0 Å². The molecule has 1 heterocycles. The van der Waals surface area contributed by atoms with E-state index in [4.69, 9.17) is 18.9 Å². The predicted molar refractivity (Wildman–Crippen MR) is 73.9 cm³/mol. The molecule has 0 aromatic rings. The van der Waals surface area contributed by atoms with Gasteiger partial charge in [0.2, 0.25) is 5.79 Å². The molecule has 1 aliphatic heterocycles. The minimum absolute atomic E-state index is 0.0218. The quantitative estimate of drug-likeness (QED) is 0.494. The third-order valence-electron chi connectivity index (χ3n) is 3.37. The van der Waals surface area contributed by atoms with Crippen LogP contribution in [0.2, 0.25) is 0 Å². The summed E-state index contributed by atoms with van der Waals surface area (Å²) in [6.45, 7) is 4.30. The Morgan fingerprint density at radius 1 is 1.00 bits per heavy atom. The minimum Gasteiger partial charge on any atom is -0.456 e. The molecule has 0 spiro atoms. The SMILES string of the molecule is CC[C@@]1(O)O[C@H](CO)[C@@H](OC(C)=O)[C@H](OC(C)=O)[C@H]1OC(C)=O. The fraction of sp³-hybridized carbons (Fsp3) is 0.786. The van der Waals surface area contributed by atoms with Crippen molar-refractivity contribution in [2.24, 2.45) is 0 Å². The summed E-state index contributed by atoms with van der Waals surface area (Å²) in [7, 11) is 0. The normalized spacial score (nSPS) is 33.7. The van der Waals surface area contributed by atoms with E-state index in [1.165, 1.54) is 0 Å². The number of rotatable bonds is 5. The van der Waals surface area contributed by atoms with Gasteiger partial charge in [0.05, 0.1) is 6.61 Å². The zero-order valence-corrected chi connectivity index (χ0v) is 13.5. The first-order chi connectivity index (χ1) is 10.6. The van der Waals surface area contributed by atoms with Crippen LogP contribution >= 0.6 is 0 Å². The van der Waals surface area contributed by atoms with Crippen LogP contribution in [-0.2, 0) is 33.3 Å². The van der Waals surface area contributed by atoms with Gasteiger partial charge in [-0.05, 0) is 0 Å². The first-order valence-corrected chi connectivity index (χ1v) is 7.17. The highest BCUT2D eigenvalue weighted by molar-refractivity contribution is 5.68. The van der Waals surface area contributed by atoms with Crippen molar-refractivity contribution in [1.29, 1.82) is 0 Å². The van der Waals surface area contributed by atoms with Crippen LogP contribution in [-0.4, -0.2) is 64.9 Å². The lowest BCUT2D eigenvalue weighted by atomic mass is 9.90. The van der Waals surface area contributed by atoms with Crippen molar-refractivity contribution in [2.45, 2.75) is 64.3 Å².